The molecule has 23 heavy (non-hydrogen) atoms. The summed E-state index contributed by atoms with van der Waals surface area (Å²) in [6.45, 7) is -0.673. The van der Waals surface area contributed by atoms with Gasteiger partial charge in [-0.25, -0.2) is 0 Å². The summed E-state index contributed by atoms with van der Waals surface area (Å²) in [5.41, 5.74) is 1.73. The second-order valence-electron chi connectivity index (χ2n) is 5.20. The van der Waals surface area contributed by atoms with Gasteiger partial charge in [-0.3, -0.25) is 0 Å². The molecule has 4 nitrogen and oxygen atoms in total. The Morgan fingerprint density at radius 3 is 2.09 bits per heavy atom. The Balaban J connectivity index is 5.18. The predicted molar refractivity (Wildman–Crippen MR) is 69.3 cm³/mol. The van der Waals surface area contributed by atoms with Crippen molar-refractivity contribution in [3.63, 3.8) is 0 Å². The second kappa shape index (κ2) is 7.70. The monoisotopic (exact) mass is 351 g/mol. The molecule has 0 aliphatic carbocycles. The van der Waals surface area contributed by atoms with Crippen LogP contribution in [0.25, 0.3) is 0 Å². The van der Waals surface area contributed by atoms with Gasteiger partial charge in [0.15, 0.2) is 0 Å². The van der Waals surface area contributed by atoms with Crippen molar-refractivity contribution in [2.45, 2.75) is 50.6 Å². The van der Waals surface area contributed by atoms with E-state index in [9.17, 15) is 26.3 Å². The number of rotatable bonds is 10. The fraction of sp³-hybridized carbons (Fsp3) is 0.846. The quantitative estimate of drug-likeness (QED) is 0.373. The molecule has 0 radical (unpaired) electrons. The van der Waals surface area contributed by atoms with Crippen molar-refractivity contribution in [1.29, 1.82) is 0 Å². The molecule has 0 fully saturated rings. The number of hydrogen-bond donors (Lipinski definition) is 1. The molecule has 0 aromatic heterocycles. The smallest absolute Gasteiger partial charge is 0.360 e. The Kier molecular flexibility index (Phi) is 7.36. The fourth-order valence-corrected chi connectivity index (χ4v) is 1.42. The Morgan fingerprint density at radius 2 is 1.65 bits per heavy atom. The number of alkyl halides is 6. The molecule has 136 valence electrons. The molecule has 0 aliphatic heterocycles. The van der Waals surface area contributed by atoms with E-state index in [0.29, 0.717) is 13.8 Å². The number of nitrogens with two attached hydrogens (primary N) is 1. The SMILES string of the molecule is C#CCOCC(F)(F)OC(C)(C)C(F)(F)C(F)(F)OC(C)CN. The topological polar surface area (TPSA) is 53.7 Å². The molecule has 0 bridgehead atoms. The van der Waals surface area contributed by atoms with Crippen LogP contribution in [-0.4, -0.2) is 49.6 Å². The number of halogens is 6. The molecular formula is C13H19F6NO3. The maximum absolute atomic E-state index is 13.9. The van der Waals surface area contributed by atoms with E-state index in [-0.39, 0.29) is 0 Å². The lowest BCUT2D eigenvalue weighted by molar-refractivity contribution is -0.426. The van der Waals surface area contributed by atoms with Gasteiger partial charge < -0.3 is 19.9 Å². The minimum atomic E-state index is -5.08. The summed E-state index contributed by atoms with van der Waals surface area (Å²) in [5.74, 6) is -3.21. The summed E-state index contributed by atoms with van der Waals surface area (Å²) < 4.78 is 94.0. The highest BCUT2D eigenvalue weighted by atomic mass is 19.3. The minimum absolute atomic E-state index is 0.381. The van der Waals surface area contributed by atoms with Crippen LogP contribution in [0.5, 0.6) is 0 Å². The van der Waals surface area contributed by atoms with Crippen LogP contribution >= 0.6 is 0 Å². The van der Waals surface area contributed by atoms with Crippen LogP contribution in [0.15, 0.2) is 0 Å². The zero-order valence-corrected chi connectivity index (χ0v) is 12.8. The normalized spacial score (nSPS) is 15.3. The molecule has 0 aliphatic rings. The zero-order chi connectivity index (χ0) is 18.5. The zero-order valence-electron chi connectivity index (χ0n) is 12.8. The van der Waals surface area contributed by atoms with Gasteiger partial charge in [-0.1, -0.05) is 5.92 Å². The Labute approximate surface area is 130 Å². The fourth-order valence-electron chi connectivity index (χ4n) is 1.42. The molecule has 1 unspecified atom stereocenters. The lowest BCUT2D eigenvalue weighted by Gasteiger charge is -2.40. The third kappa shape index (κ3) is 5.84. The standard InChI is InChI=1S/C13H19F6NO3/c1-5-6-21-8-11(14,15)23-10(3,4)12(16,17)13(18,19)22-9(2)7-20/h1,9H,6-8,20H2,2-4H3. The summed E-state index contributed by atoms with van der Waals surface area (Å²) in [4.78, 5) is 0. The van der Waals surface area contributed by atoms with E-state index in [4.69, 9.17) is 12.2 Å². The summed E-state index contributed by atoms with van der Waals surface area (Å²) >= 11 is 0. The van der Waals surface area contributed by atoms with Crippen molar-refractivity contribution in [2.75, 3.05) is 19.8 Å². The first-order chi connectivity index (χ1) is 10.2. The first-order valence-corrected chi connectivity index (χ1v) is 6.45. The van der Waals surface area contributed by atoms with Crippen LogP contribution in [0, 0.1) is 12.3 Å². The summed E-state index contributed by atoms with van der Waals surface area (Å²) in [6, 6.07) is 0. The largest absolute Gasteiger partial charge is 0.422 e. The molecule has 2 N–H and O–H groups in total. The highest BCUT2D eigenvalue weighted by Crippen LogP contribution is 2.47. The van der Waals surface area contributed by atoms with E-state index in [1.807, 2.05) is 5.92 Å². The maximum Gasteiger partial charge on any atom is 0.422 e. The summed E-state index contributed by atoms with van der Waals surface area (Å²) in [5, 5.41) is 0. The van der Waals surface area contributed by atoms with Crippen LogP contribution < -0.4 is 5.73 Å². The van der Waals surface area contributed by atoms with Crippen LogP contribution in [0.4, 0.5) is 26.3 Å². The maximum atomic E-state index is 13.9. The van der Waals surface area contributed by atoms with Gasteiger partial charge >= 0.3 is 18.1 Å². The average molecular weight is 351 g/mol. The molecule has 10 heteroatoms. The van der Waals surface area contributed by atoms with E-state index >= 15 is 0 Å². The highest BCUT2D eigenvalue weighted by Gasteiger charge is 2.69. The van der Waals surface area contributed by atoms with Crippen molar-refractivity contribution in [1.82, 2.24) is 0 Å². The molecule has 0 aromatic carbocycles. The van der Waals surface area contributed by atoms with E-state index in [2.05, 4.69) is 14.2 Å². The number of ether oxygens (including phenoxy) is 3. The first kappa shape index (κ1) is 22.0. The van der Waals surface area contributed by atoms with Gasteiger partial charge in [-0.15, -0.1) is 6.42 Å². The van der Waals surface area contributed by atoms with E-state index in [1.165, 1.54) is 0 Å². The molecule has 0 heterocycles. The van der Waals surface area contributed by atoms with Crippen LogP contribution in [0.1, 0.15) is 20.8 Å². The van der Waals surface area contributed by atoms with Gasteiger partial charge in [0.1, 0.15) is 18.8 Å². The van der Waals surface area contributed by atoms with Crippen molar-refractivity contribution < 1.29 is 40.6 Å². The minimum Gasteiger partial charge on any atom is -0.360 e. The molecule has 0 saturated carbocycles. The number of hydrogen-bond acceptors (Lipinski definition) is 4. The van der Waals surface area contributed by atoms with Gasteiger partial charge in [0, 0.05) is 6.54 Å². The number of terminal acetylenes is 1. The first-order valence-electron chi connectivity index (χ1n) is 6.45. The van der Waals surface area contributed by atoms with E-state index in [1.54, 1.807) is 0 Å². The Bertz CT molecular complexity index is 422. The summed E-state index contributed by atoms with van der Waals surface area (Å²) in [7, 11) is 0. The lowest BCUT2D eigenvalue weighted by Crippen LogP contribution is -2.61. The summed E-state index contributed by atoms with van der Waals surface area (Å²) in [6.07, 6.45) is -6.00. The van der Waals surface area contributed by atoms with Crippen molar-refractivity contribution in [3.8, 4) is 12.3 Å². The third-order valence-electron chi connectivity index (χ3n) is 2.66. The third-order valence-corrected chi connectivity index (χ3v) is 2.66. The van der Waals surface area contributed by atoms with Gasteiger partial charge in [-0.05, 0) is 20.8 Å². The van der Waals surface area contributed by atoms with Crippen molar-refractivity contribution in [3.05, 3.63) is 0 Å². The van der Waals surface area contributed by atoms with Crippen molar-refractivity contribution in [2.24, 2.45) is 5.73 Å². The Morgan fingerprint density at radius 1 is 1.13 bits per heavy atom. The van der Waals surface area contributed by atoms with E-state index in [0.717, 1.165) is 6.92 Å². The highest BCUT2D eigenvalue weighted by molar-refractivity contribution is 4.95. The van der Waals surface area contributed by atoms with Gasteiger partial charge in [0.05, 0.1) is 6.10 Å². The molecule has 0 spiro atoms. The van der Waals surface area contributed by atoms with Crippen LogP contribution in [-0.2, 0) is 14.2 Å². The average Bonchev–Trinajstić information content (AvgIpc) is 2.36. The molecular weight excluding hydrogens is 332 g/mol. The molecule has 0 saturated heterocycles. The second-order valence-corrected chi connectivity index (χ2v) is 5.20. The molecule has 0 aromatic rings. The molecule has 0 rings (SSSR count). The van der Waals surface area contributed by atoms with Crippen molar-refractivity contribution >= 4 is 0 Å². The van der Waals surface area contributed by atoms with Gasteiger partial charge in [-0.2, -0.15) is 26.3 Å². The molecule has 0 amide bonds. The van der Waals surface area contributed by atoms with Gasteiger partial charge in [0.25, 0.3) is 0 Å². The predicted octanol–water partition coefficient (Wildman–Crippen LogP) is 2.62. The van der Waals surface area contributed by atoms with E-state index < -0.39 is 49.6 Å². The molecule has 1 atom stereocenters. The van der Waals surface area contributed by atoms with Crippen LogP contribution in [0.3, 0.4) is 0 Å². The lowest BCUT2D eigenvalue weighted by atomic mass is 9.99. The van der Waals surface area contributed by atoms with Crippen LogP contribution in [0.2, 0.25) is 0 Å². The Hall–Kier alpha value is -1.02. The van der Waals surface area contributed by atoms with Gasteiger partial charge in [0.2, 0.25) is 0 Å².